The second kappa shape index (κ2) is 4.51. The van der Waals surface area contributed by atoms with Gasteiger partial charge in [0.05, 0.1) is 0 Å². The van der Waals surface area contributed by atoms with Crippen LogP contribution in [-0.4, -0.2) is 15.6 Å². The number of hydrogen-bond donors (Lipinski definition) is 1. The summed E-state index contributed by atoms with van der Waals surface area (Å²) in [5.74, 6) is -0.775. The zero-order valence-corrected chi connectivity index (χ0v) is 9.80. The van der Waals surface area contributed by atoms with Crippen LogP contribution in [0.3, 0.4) is 0 Å². The molecule has 0 aliphatic carbocycles. The Morgan fingerprint density at radius 3 is 2.56 bits per heavy atom. The second-order valence-corrected chi connectivity index (χ2v) is 4.59. The lowest BCUT2D eigenvalue weighted by atomic mass is 9.90. The lowest BCUT2D eigenvalue weighted by molar-refractivity contribution is -0.147. The van der Waals surface area contributed by atoms with Crippen LogP contribution >= 0.6 is 0 Å². The molecule has 4 nitrogen and oxygen atoms in total. The molecule has 1 heterocycles. The third-order valence-electron chi connectivity index (χ3n) is 2.62. The van der Waals surface area contributed by atoms with E-state index in [1.807, 2.05) is 13.8 Å². The van der Waals surface area contributed by atoms with Crippen molar-refractivity contribution >= 4 is 5.97 Å². The van der Waals surface area contributed by atoms with E-state index in [-0.39, 0.29) is 11.5 Å². The number of nitrogens with zero attached hydrogens (tertiary/aromatic N) is 1. The van der Waals surface area contributed by atoms with Gasteiger partial charge < -0.3 is 5.11 Å². The van der Waals surface area contributed by atoms with Crippen molar-refractivity contribution in [1.29, 1.82) is 0 Å². The van der Waals surface area contributed by atoms with Crippen molar-refractivity contribution in [3.05, 3.63) is 34.7 Å². The fourth-order valence-electron chi connectivity index (χ4n) is 1.92. The van der Waals surface area contributed by atoms with Gasteiger partial charge >= 0.3 is 5.97 Å². The Morgan fingerprint density at radius 1 is 1.50 bits per heavy atom. The lowest BCUT2D eigenvalue weighted by Gasteiger charge is -2.29. The van der Waals surface area contributed by atoms with Gasteiger partial charge in [-0.2, -0.15) is 0 Å². The summed E-state index contributed by atoms with van der Waals surface area (Å²) in [5, 5.41) is 9.30. The molecule has 0 spiro atoms. The minimum Gasteiger partial charge on any atom is -0.479 e. The van der Waals surface area contributed by atoms with E-state index in [9.17, 15) is 14.7 Å². The summed E-state index contributed by atoms with van der Waals surface area (Å²) in [4.78, 5) is 23.0. The van der Waals surface area contributed by atoms with E-state index in [4.69, 9.17) is 0 Å². The van der Waals surface area contributed by atoms with Gasteiger partial charge in [0, 0.05) is 12.3 Å². The molecule has 1 unspecified atom stereocenters. The quantitative estimate of drug-likeness (QED) is 0.845. The van der Waals surface area contributed by atoms with Crippen LogP contribution < -0.4 is 5.56 Å². The molecule has 1 aromatic rings. The molecular formula is C12H17NO3. The first kappa shape index (κ1) is 12.5. The van der Waals surface area contributed by atoms with Gasteiger partial charge in [-0.05, 0) is 25.3 Å². The Hall–Kier alpha value is -1.58. The number of carboxylic acid groups (broad SMARTS) is 1. The third-order valence-corrected chi connectivity index (χ3v) is 2.62. The maximum absolute atomic E-state index is 11.7. The summed E-state index contributed by atoms with van der Waals surface area (Å²) < 4.78 is 1.29. The minimum atomic E-state index is -1.17. The van der Waals surface area contributed by atoms with Gasteiger partial charge in [0.15, 0.2) is 0 Å². The molecule has 1 N–H and O–H groups in total. The first-order valence-electron chi connectivity index (χ1n) is 5.29. The summed E-state index contributed by atoms with van der Waals surface area (Å²) in [5.41, 5.74) is -1.46. The van der Waals surface area contributed by atoms with E-state index in [2.05, 4.69) is 0 Å². The summed E-state index contributed by atoms with van der Waals surface area (Å²) in [6.07, 6.45) is 1.95. The molecule has 0 saturated heterocycles. The smallest absolute Gasteiger partial charge is 0.329 e. The van der Waals surface area contributed by atoms with Crippen LogP contribution in [-0.2, 0) is 10.3 Å². The SMILES string of the molecule is CC(C)CC(C)(C(=O)O)n1ccccc1=O. The molecule has 0 aromatic carbocycles. The average Bonchev–Trinajstić information content (AvgIpc) is 2.16. The highest BCUT2D eigenvalue weighted by molar-refractivity contribution is 5.76. The molecule has 4 heteroatoms. The lowest BCUT2D eigenvalue weighted by Crippen LogP contribution is -2.45. The number of aliphatic carboxylic acids is 1. The summed E-state index contributed by atoms with van der Waals surface area (Å²) in [7, 11) is 0. The monoisotopic (exact) mass is 223 g/mol. The highest BCUT2D eigenvalue weighted by Crippen LogP contribution is 2.23. The normalized spacial score (nSPS) is 14.8. The van der Waals surface area contributed by atoms with Gasteiger partial charge in [0.1, 0.15) is 5.54 Å². The Bertz CT molecular complexity index is 436. The van der Waals surface area contributed by atoms with Crippen LogP contribution in [0.15, 0.2) is 29.2 Å². The van der Waals surface area contributed by atoms with E-state index in [1.165, 1.54) is 16.8 Å². The van der Waals surface area contributed by atoms with Gasteiger partial charge in [-0.15, -0.1) is 0 Å². The van der Waals surface area contributed by atoms with Crippen molar-refractivity contribution in [2.24, 2.45) is 5.92 Å². The zero-order chi connectivity index (χ0) is 12.3. The van der Waals surface area contributed by atoms with Crippen LogP contribution in [0.4, 0.5) is 0 Å². The van der Waals surface area contributed by atoms with E-state index in [1.54, 1.807) is 19.1 Å². The Labute approximate surface area is 94.5 Å². The molecule has 0 bridgehead atoms. The summed E-state index contributed by atoms with van der Waals surface area (Å²) in [6, 6.07) is 4.65. The molecule has 16 heavy (non-hydrogen) atoms. The highest BCUT2D eigenvalue weighted by atomic mass is 16.4. The van der Waals surface area contributed by atoms with Crippen LogP contribution in [0.1, 0.15) is 27.2 Å². The molecule has 0 fully saturated rings. The van der Waals surface area contributed by atoms with Crippen LogP contribution in [0.2, 0.25) is 0 Å². The molecule has 1 aromatic heterocycles. The molecule has 0 aliphatic rings. The van der Waals surface area contributed by atoms with Crippen molar-refractivity contribution in [3.8, 4) is 0 Å². The molecule has 88 valence electrons. The number of pyridine rings is 1. The fourth-order valence-corrected chi connectivity index (χ4v) is 1.92. The number of hydrogen-bond acceptors (Lipinski definition) is 2. The predicted octanol–water partition coefficient (Wildman–Crippen LogP) is 1.69. The van der Waals surface area contributed by atoms with Crippen molar-refractivity contribution in [1.82, 2.24) is 4.57 Å². The molecule has 0 amide bonds. The van der Waals surface area contributed by atoms with Crippen LogP contribution in [0.5, 0.6) is 0 Å². The maximum Gasteiger partial charge on any atom is 0.329 e. The Balaban J connectivity index is 3.28. The average molecular weight is 223 g/mol. The van der Waals surface area contributed by atoms with Gasteiger partial charge in [-0.1, -0.05) is 19.9 Å². The summed E-state index contributed by atoms with van der Waals surface area (Å²) >= 11 is 0. The topological polar surface area (TPSA) is 59.3 Å². The first-order chi connectivity index (χ1) is 7.38. The van der Waals surface area contributed by atoms with Gasteiger partial charge in [0.2, 0.25) is 0 Å². The molecule has 0 radical (unpaired) electrons. The molecular weight excluding hydrogens is 206 g/mol. The van der Waals surface area contributed by atoms with Gasteiger partial charge in [-0.25, -0.2) is 4.79 Å². The molecule has 1 atom stereocenters. The fraction of sp³-hybridized carbons (Fsp3) is 0.500. The van der Waals surface area contributed by atoms with Crippen molar-refractivity contribution in [2.75, 3.05) is 0 Å². The number of rotatable bonds is 4. The largest absolute Gasteiger partial charge is 0.479 e. The highest BCUT2D eigenvalue weighted by Gasteiger charge is 2.36. The van der Waals surface area contributed by atoms with Crippen molar-refractivity contribution < 1.29 is 9.90 Å². The predicted molar refractivity (Wildman–Crippen MR) is 61.4 cm³/mol. The standard InChI is InChI=1S/C12H17NO3/c1-9(2)8-12(3,11(15)16)13-7-5-4-6-10(13)14/h4-7,9H,8H2,1-3H3,(H,15,16). The molecule has 0 aliphatic heterocycles. The second-order valence-electron chi connectivity index (χ2n) is 4.59. The molecule has 0 saturated carbocycles. The summed E-state index contributed by atoms with van der Waals surface area (Å²) in [6.45, 7) is 5.46. The first-order valence-corrected chi connectivity index (χ1v) is 5.29. The number of carboxylic acids is 1. The maximum atomic E-state index is 11.7. The van der Waals surface area contributed by atoms with Crippen LogP contribution in [0.25, 0.3) is 0 Å². The van der Waals surface area contributed by atoms with Gasteiger partial charge in [-0.3, -0.25) is 9.36 Å². The van der Waals surface area contributed by atoms with E-state index < -0.39 is 11.5 Å². The number of aromatic nitrogens is 1. The third kappa shape index (κ3) is 2.32. The Morgan fingerprint density at radius 2 is 2.12 bits per heavy atom. The minimum absolute atomic E-state index is 0.202. The van der Waals surface area contributed by atoms with E-state index in [0.29, 0.717) is 6.42 Å². The van der Waals surface area contributed by atoms with Gasteiger partial charge in [0.25, 0.3) is 5.56 Å². The molecule has 1 rings (SSSR count). The Kier molecular flexibility index (Phi) is 3.52. The van der Waals surface area contributed by atoms with Crippen LogP contribution in [0, 0.1) is 5.92 Å². The van der Waals surface area contributed by atoms with Crippen molar-refractivity contribution in [3.63, 3.8) is 0 Å². The van der Waals surface area contributed by atoms with E-state index >= 15 is 0 Å². The van der Waals surface area contributed by atoms with E-state index in [0.717, 1.165) is 0 Å². The zero-order valence-electron chi connectivity index (χ0n) is 9.80. The number of carbonyl (C=O) groups is 1. The van der Waals surface area contributed by atoms with Crippen molar-refractivity contribution in [2.45, 2.75) is 32.7 Å².